The van der Waals surface area contributed by atoms with Gasteiger partial charge >= 0.3 is 17.9 Å². The van der Waals surface area contributed by atoms with E-state index in [1.165, 1.54) is 95.8 Å². The standard InChI is InChI=1S/C33H22Cl3N3O9/c34-21-10-4-18(5-11-21)31(40)45-17-27-28(47-32(41)19-6-12-22(35)13-7-19)29(48-33(42)20-8-14-23(36)15-9-20)30(46-27)38-25-2-1-3-26(39(43)44)24(25)16-37-38/h1-16,27-30H,17H2/t27-,28-,29-,30+/m1/s1. The fraction of sp³-hybridized carbons (Fsp3) is 0.152. The maximum absolute atomic E-state index is 13.5. The first-order chi connectivity index (χ1) is 23.1. The molecule has 1 fully saturated rings. The number of fused-ring (bicyclic) bond motifs is 1. The molecule has 4 aromatic carbocycles. The number of nitro groups is 1. The molecule has 0 amide bonds. The third kappa shape index (κ3) is 6.97. The van der Waals surface area contributed by atoms with Crippen LogP contribution < -0.4 is 0 Å². The highest BCUT2D eigenvalue weighted by Gasteiger charge is 2.52. The summed E-state index contributed by atoms with van der Waals surface area (Å²) in [6, 6.07) is 22.1. The van der Waals surface area contributed by atoms with Gasteiger partial charge < -0.3 is 18.9 Å². The van der Waals surface area contributed by atoms with E-state index in [2.05, 4.69) is 5.10 Å². The van der Waals surface area contributed by atoms with Gasteiger partial charge in [-0.05, 0) is 78.9 Å². The zero-order valence-corrected chi connectivity index (χ0v) is 26.7. The molecule has 0 unspecified atom stereocenters. The fourth-order valence-corrected chi connectivity index (χ4v) is 5.48. The summed E-state index contributed by atoms with van der Waals surface area (Å²) < 4.78 is 25.0. The number of esters is 3. The summed E-state index contributed by atoms with van der Waals surface area (Å²) in [6.45, 7) is -0.454. The minimum absolute atomic E-state index is 0.125. The molecule has 0 spiro atoms. The number of hydrogen-bond donors (Lipinski definition) is 0. The number of aromatic nitrogens is 2. The summed E-state index contributed by atoms with van der Waals surface area (Å²) in [5.41, 5.74) is 0.496. The SMILES string of the molecule is O=C(OC[C@H]1O[C@H](n2ncc3c([N+](=O)[O-])cccc32)[C@H](OC(=O)c2ccc(Cl)cc2)[C@@H]1OC(=O)c1ccc(Cl)cc1)c1ccc(Cl)cc1. The Morgan fingerprint density at radius 1 is 0.750 bits per heavy atom. The average Bonchev–Trinajstić information content (AvgIpc) is 3.65. The summed E-state index contributed by atoms with van der Waals surface area (Å²) in [5, 5.41) is 17.4. The Morgan fingerprint density at radius 2 is 1.25 bits per heavy atom. The summed E-state index contributed by atoms with van der Waals surface area (Å²) in [5.74, 6) is -2.36. The van der Waals surface area contributed by atoms with Crippen molar-refractivity contribution >= 4 is 69.3 Å². The molecule has 48 heavy (non-hydrogen) atoms. The zero-order valence-electron chi connectivity index (χ0n) is 24.4. The molecular formula is C33H22Cl3N3O9. The van der Waals surface area contributed by atoms with E-state index in [9.17, 15) is 24.5 Å². The number of nitro benzene ring substituents is 1. The Balaban J connectivity index is 1.39. The second-order valence-electron chi connectivity index (χ2n) is 10.5. The number of nitrogens with zero attached hydrogens (tertiary/aromatic N) is 3. The molecule has 0 aliphatic carbocycles. The molecule has 6 rings (SSSR count). The molecule has 1 saturated heterocycles. The van der Waals surface area contributed by atoms with Gasteiger partial charge in [0, 0.05) is 21.1 Å². The molecule has 0 N–H and O–H groups in total. The second kappa shape index (κ2) is 14.0. The first-order valence-electron chi connectivity index (χ1n) is 14.2. The van der Waals surface area contributed by atoms with Crippen LogP contribution >= 0.6 is 34.8 Å². The average molecular weight is 711 g/mol. The van der Waals surface area contributed by atoms with E-state index in [-0.39, 0.29) is 33.3 Å². The van der Waals surface area contributed by atoms with Crippen LogP contribution in [0.25, 0.3) is 10.9 Å². The van der Waals surface area contributed by atoms with E-state index in [1.54, 1.807) is 6.07 Å². The van der Waals surface area contributed by atoms with E-state index in [1.807, 2.05) is 0 Å². The summed E-state index contributed by atoms with van der Waals surface area (Å²) in [7, 11) is 0. The third-order valence-electron chi connectivity index (χ3n) is 7.45. The van der Waals surface area contributed by atoms with Crippen molar-refractivity contribution in [3.63, 3.8) is 0 Å². The number of benzene rings is 4. The van der Waals surface area contributed by atoms with Crippen molar-refractivity contribution in [3.8, 4) is 0 Å². The van der Waals surface area contributed by atoms with Crippen LogP contribution in [0.1, 0.15) is 37.3 Å². The molecule has 2 heterocycles. The van der Waals surface area contributed by atoms with Crippen molar-refractivity contribution in [3.05, 3.63) is 139 Å². The quantitative estimate of drug-likeness (QED) is 0.0670. The summed E-state index contributed by atoms with van der Waals surface area (Å²) in [4.78, 5) is 51.0. The smallest absolute Gasteiger partial charge is 0.338 e. The van der Waals surface area contributed by atoms with Crippen LogP contribution in [0, 0.1) is 10.1 Å². The molecule has 4 atom stereocenters. The van der Waals surface area contributed by atoms with Gasteiger partial charge in [0.15, 0.2) is 18.4 Å². The molecular weight excluding hydrogens is 689 g/mol. The van der Waals surface area contributed by atoms with Crippen molar-refractivity contribution in [2.45, 2.75) is 24.5 Å². The van der Waals surface area contributed by atoms with E-state index in [0.717, 1.165) is 0 Å². The number of non-ortho nitro benzene ring substituents is 1. The minimum atomic E-state index is -1.40. The Kier molecular flexibility index (Phi) is 9.60. The van der Waals surface area contributed by atoms with Gasteiger partial charge in [0.25, 0.3) is 5.69 Å². The summed E-state index contributed by atoms with van der Waals surface area (Å²) >= 11 is 17.9. The molecule has 0 saturated carbocycles. The highest BCUT2D eigenvalue weighted by Crippen LogP contribution is 2.38. The lowest BCUT2D eigenvalue weighted by molar-refractivity contribution is -0.383. The molecule has 15 heteroatoms. The van der Waals surface area contributed by atoms with Gasteiger partial charge in [-0.3, -0.25) is 10.1 Å². The first-order valence-corrected chi connectivity index (χ1v) is 15.3. The van der Waals surface area contributed by atoms with Gasteiger partial charge in [-0.15, -0.1) is 0 Å². The van der Waals surface area contributed by atoms with E-state index >= 15 is 0 Å². The lowest BCUT2D eigenvalue weighted by Gasteiger charge is -2.24. The van der Waals surface area contributed by atoms with Crippen LogP contribution in [-0.2, 0) is 18.9 Å². The molecule has 0 radical (unpaired) electrons. The van der Waals surface area contributed by atoms with Crippen LogP contribution in [-0.4, -0.2) is 57.5 Å². The number of rotatable bonds is 9. The number of carbonyl (C=O) groups is 3. The lowest BCUT2D eigenvalue weighted by Crippen LogP contribution is -2.41. The zero-order chi connectivity index (χ0) is 33.9. The van der Waals surface area contributed by atoms with Gasteiger partial charge in [0.2, 0.25) is 0 Å². The van der Waals surface area contributed by atoms with Gasteiger partial charge in [-0.1, -0.05) is 40.9 Å². The van der Waals surface area contributed by atoms with Gasteiger partial charge in [0.1, 0.15) is 12.7 Å². The van der Waals surface area contributed by atoms with Crippen LogP contribution in [0.5, 0.6) is 0 Å². The number of hydrogen-bond acceptors (Lipinski definition) is 10. The lowest BCUT2D eigenvalue weighted by atomic mass is 10.1. The molecule has 0 bridgehead atoms. The van der Waals surface area contributed by atoms with Crippen LogP contribution in [0.3, 0.4) is 0 Å². The molecule has 244 valence electrons. The van der Waals surface area contributed by atoms with Crippen molar-refractivity contribution in [1.82, 2.24) is 9.78 Å². The molecule has 1 aromatic heterocycles. The van der Waals surface area contributed by atoms with E-state index < -0.39 is 54.0 Å². The Bertz CT molecular complexity index is 2000. The maximum atomic E-state index is 13.5. The molecule has 1 aliphatic heterocycles. The monoisotopic (exact) mass is 709 g/mol. The second-order valence-corrected chi connectivity index (χ2v) is 11.8. The van der Waals surface area contributed by atoms with Crippen LogP contribution in [0.15, 0.2) is 97.2 Å². The Labute approximate surface area is 286 Å². The van der Waals surface area contributed by atoms with Gasteiger partial charge in [-0.25, -0.2) is 19.1 Å². The Hall–Kier alpha value is -5.01. The van der Waals surface area contributed by atoms with Crippen LogP contribution in [0.4, 0.5) is 5.69 Å². The number of halogens is 3. The normalized spacial score (nSPS) is 18.7. The highest BCUT2D eigenvalue weighted by atomic mass is 35.5. The van der Waals surface area contributed by atoms with Crippen LogP contribution in [0.2, 0.25) is 15.1 Å². The van der Waals surface area contributed by atoms with Crippen molar-refractivity contribution in [2.24, 2.45) is 0 Å². The molecule has 5 aromatic rings. The fourth-order valence-electron chi connectivity index (χ4n) is 5.11. The number of carbonyl (C=O) groups excluding carboxylic acids is 3. The molecule has 12 nitrogen and oxygen atoms in total. The minimum Gasteiger partial charge on any atom is -0.459 e. The van der Waals surface area contributed by atoms with Crippen molar-refractivity contribution < 1.29 is 38.3 Å². The maximum Gasteiger partial charge on any atom is 0.338 e. The predicted octanol–water partition coefficient (Wildman–Crippen LogP) is 7.11. The summed E-state index contributed by atoms with van der Waals surface area (Å²) in [6.07, 6.45) is -4.00. The largest absolute Gasteiger partial charge is 0.459 e. The predicted molar refractivity (Wildman–Crippen MR) is 173 cm³/mol. The van der Waals surface area contributed by atoms with Crippen molar-refractivity contribution in [2.75, 3.05) is 6.61 Å². The van der Waals surface area contributed by atoms with Gasteiger partial charge in [0.05, 0.1) is 38.7 Å². The third-order valence-corrected chi connectivity index (χ3v) is 8.20. The number of ether oxygens (including phenoxy) is 4. The van der Waals surface area contributed by atoms with Gasteiger partial charge in [-0.2, -0.15) is 5.10 Å². The highest BCUT2D eigenvalue weighted by molar-refractivity contribution is 6.31. The van der Waals surface area contributed by atoms with Crippen molar-refractivity contribution in [1.29, 1.82) is 0 Å². The topological polar surface area (TPSA) is 149 Å². The first kappa shape index (κ1) is 32.9. The Morgan fingerprint density at radius 3 is 1.77 bits per heavy atom. The molecule has 1 aliphatic rings. The van der Waals surface area contributed by atoms with E-state index in [0.29, 0.717) is 15.1 Å². The van der Waals surface area contributed by atoms with E-state index in [4.69, 9.17) is 53.8 Å².